The molecule has 1 aromatic heterocycles. The minimum Gasteiger partial charge on any atom is -0.249 e. The van der Waals surface area contributed by atoms with E-state index in [2.05, 4.69) is 22.7 Å². The van der Waals surface area contributed by atoms with Crippen LogP contribution in [0, 0.1) is 11.3 Å². The van der Waals surface area contributed by atoms with E-state index in [1.807, 2.05) is 12.5 Å². The molecule has 64 valence electrons. The van der Waals surface area contributed by atoms with Crippen LogP contribution in [-0.2, 0) is 0 Å². The molecule has 1 rings (SSSR count). The lowest BCUT2D eigenvalue weighted by atomic mass is 10.3. The third-order valence-electron chi connectivity index (χ3n) is 1.36. The zero-order valence-electron chi connectivity index (χ0n) is 6.98. The van der Waals surface area contributed by atoms with Gasteiger partial charge in [0.1, 0.15) is 11.1 Å². The van der Waals surface area contributed by atoms with Crippen LogP contribution in [0.25, 0.3) is 0 Å². The highest BCUT2D eigenvalue weighted by Gasteiger charge is 2.14. The molecule has 2 nitrogen and oxygen atoms in total. The molecule has 12 heavy (non-hydrogen) atoms. The SMILES string of the molecule is CS(C)(S)c1ncccc1C#N. The predicted molar refractivity (Wildman–Crippen MR) is 55.6 cm³/mol. The van der Waals surface area contributed by atoms with Gasteiger partial charge in [0.15, 0.2) is 0 Å². The van der Waals surface area contributed by atoms with Gasteiger partial charge in [-0.05, 0) is 24.6 Å². The zero-order chi connectivity index (χ0) is 9.19. The summed E-state index contributed by atoms with van der Waals surface area (Å²) in [6.07, 6.45) is 5.69. The van der Waals surface area contributed by atoms with E-state index in [-0.39, 0.29) is 0 Å². The number of aromatic nitrogens is 1. The second kappa shape index (κ2) is 3.38. The van der Waals surface area contributed by atoms with Crippen LogP contribution >= 0.6 is 20.7 Å². The normalized spacial score (nSPS) is 12.2. The molecule has 0 amide bonds. The predicted octanol–water partition coefficient (Wildman–Crippen LogP) is 2.22. The molecule has 0 saturated heterocycles. The summed E-state index contributed by atoms with van der Waals surface area (Å²) in [5.74, 6) is 0. The van der Waals surface area contributed by atoms with Crippen molar-refractivity contribution in [2.24, 2.45) is 0 Å². The maximum absolute atomic E-state index is 8.77. The number of rotatable bonds is 1. The van der Waals surface area contributed by atoms with Crippen molar-refractivity contribution in [1.82, 2.24) is 4.98 Å². The van der Waals surface area contributed by atoms with E-state index in [1.54, 1.807) is 18.3 Å². The van der Waals surface area contributed by atoms with Crippen molar-refractivity contribution in [3.05, 3.63) is 23.9 Å². The Morgan fingerprint density at radius 3 is 2.67 bits per heavy atom. The van der Waals surface area contributed by atoms with Gasteiger partial charge in [0.2, 0.25) is 0 Å². The van der Waals surface area contributed by atoms with Crippen LogP contribution in [0.15, 0.2) is 23.4 Å². The van der Waals surface area contributed by atoms with Gasteiger partial charge in [-0.15, -0.1) is 11.7 Å². The molecule has 0 atom stereocenters. The number of hydrogen-bond donors (Lipinski definition) is 1. The van der Waals surface area contributed by atoms with Gasteiger partial charge in [-0.1, -0.05) is 0 Å². The van der Waals surface area contributed by atoms with Gasteiger partial charge in [0.25, 0.3) is 0 Å². The molecule has 0 bridgehead atoms. The van der Waals surface area contributed by atoms with E-state index in [4.69, 9.17) is 5.26 Å². The van der Waals surface area contributed by atoms with E-state index in [1.165, 1.54) is 0 Å². The minimum absolute atomic E-state index is 0.632. The van der Waals surface area contributed by atoms with Crippen molar-refractivity contribution >= 4 is 20.7 Å². The lowest BCUT2D eigenvalue weighted by molar-refractivity contribution is 1.11. The molecule has 0 aliphatic carbocycles. The largest absolute Gasteiger partial charge is 0.249 e. The van der Waals surface area contributed by atoms with Crippen LogP contribution in [0.4, 0.5) is 0 Å². The first-order valence-electron chi connectivity index (χ1n) is 3.36. The molecule has 0 fully saturated rings. The molecular weight excluding hydrogens is 188 g/mol. The molecule has 0 aromatic carbocycles. The number of hydrogen-bond acceptors (Lipinski definition) is 3. The summed E-state index contributed by atoms with van der Waals surface area (Å²) in [4.78, 5) is 4.16. The number of nitriles is 1. The standard InChI is InChI=1S/C8H10N2S2/c1-12(2,11)8-7(6-9)4-3-5-10-8/h3-5,11H,1-2H3. The van der Waals surface area contributed by atoms with Crippen LogP contribution in [0.3, 0.4) is 0 Å². The van der Waals surface area contributed by atoms with Crippen molar-refractivity contribution in [3.63, 3.8) is 0 Å². The maximum Gasteiger partial charge on any atom is 0.105 e. The highest BCUT2D eigenvalue weighted by Crippen LogP contribution is 2.53. The van der Waals surface area contributed by atoms with Crippen molar-refractivity contribution in [2.75, 3.05) is 12.5 Å². The fourth-order valence-corrected chi connectivity index (χ4v) is 2.28. The van der Waals surface area contributed by atoms with Crippen molar-refractivity contribution in [1.29, 1.82) is 5.26 Å². The molecule has 0 aliphatic heterocycles. The summed E-state index contributed by atoms with van der Waals surface area (Å²) in [5, 5.41) is 9.59. The van der Waals surface area contributed by atoms with E-state index in [0.29, 0.717) is 5.56 Å². The smallest absolute Gasteiger partial charge is 0.105 e. The highest BCUT2D eigenvalue weighted by atomic mass is 33.1. The first kappa shape index (κ1) is 9.43. The van der Waals surface area contributed by atoms with Gasteiger partial charge < -0.3 is 0 Å². The van der Waals surface area contributed by atoms with Crippen molar-refractivity contribution in [3.8, 4) is 6.07 Å². The Labute approximate surface area is 78.8 Å². The maximum atomic E-state index is 8.77. The second-order valence-corrected chi connectivity index (χ2v) is 8.41. The van der Waals surface area contributed by atoms with Crippen LogP contribution in [-0.4, -0.2) is 17.5 Å². The molecule has 0 N–H and O–H groups in total. The monoisotopic (exact) mass is 198 g/mol. The van der Waals surface area contributed by atoms with Gasteiger partial charge in [0, 0.05) is 6.20 Å². The average Bonchev–Trinajstić information content (AvgIpc) is 2.03. The lowest BCUT2D eigenvalue weighted by Crippen LogP contribution is -1.95. The molecule has 0 radical (unpaired) electrons. The van der Waals surface area contributed by atoms with Crippen LogP contribution in [0.2, 0.25) is 0 Å². The second-order valence-electron chi connectivity index (χ2n) is 2.74. The van der Waals surface area contributed by atoms with Gasteiger partial charge in [0.05, 0.1) is 5.56 Å². The van der Waals surface area contributed by atoms with Crippen LogP contribution < -0.4 is 0 Å². The van der Waals surface area contributed by atoms with Gasteiger partial charge in [-0.25, -0.2) is 4.98 Å². The molecule has 0 aliphatic rings. The van der Waals surface area contributed by atoms with Crippen molar-refractivity contribution in [2.45, 2.75) is 5.03 Å². The summed E-state index contributed by atoms with van der Waals surface area (Å²) >= 11 is 4.44. The fourth-order valence-electron chi connectivity index (χ4n) is 0.874. The first-order valence-corrected chi connectivity index (χ1v) is 6.87. The summed E-state index contributed by atoms with van der Waals surface area (Å²) in [5.41, 5.74) is 0.632. The number of pyridine rings is 1. The Morgan fingerprint density at radius 1 is 1.58 bits per heavy atom. The Morgan fingerprint density at radius 2 is 2.25 bits per heavy atom. The average molecular weight is 198 g/mol. The lowest BCUT2D eigenvalue weighted by Gasteiger charge is -2.23. The first-order chi connectivity index (χ1) is 5.55. The van der Waals surface area contributed by atoms with E-state index in [9.17, 15) is 0 Å². The quantitative estimate of drug-likeness (QED) is 0.555. The Kier molecular flexibility index (Phi) is 2.65. The van der Waals surface area contributed by atoms with E-state index in [0.717, 1.165) is 5.03 Å². The third-order valence-corrected chi connectivity index (χ3v) is 3.16. The summed E-state index contributed by atoms with van der Waals surface area (Å²) < 4.78 is 0. The van der Waals surface area contributed by atoms with Crippen LogP contribution in [0.1, 0.15) is 5.56 Å². The molecule has 0 spiro atoms. The third kappa shape index (κ3) is 1.93. The van der Waals surface area contributed by atoms with Gasteiger partial charge >= 0.3 is 0 Å². The zero-order valence-corrected chi connectivity index (χ0v) is 8.69. The van der Waals surface area contributed by atoms with Gasteiger partial charge in [-0.2, -0.15) is 14.3 Å². The van der Waals surface area contributed by atoms with Gasteiger partial charge in [-0.3, -0.25) is 0 Å². The summed E-state index contributed by atoms with van der Waals surface area (Å²) in [7, 11) is -1.18. The molecule has 1 heterocycles. The Bertz CT molecular complexity index is 323. The fraction of sp³-hybridized carbons (Fsp3) is 0.250. The Hall–Kier alpha value is -0.660. The number of thiol groups is 1. The summed E-state index contributed by atoms with van der Waals surface area (Å²) in [6.45, 7) is 0. The molecule has 0 saturated carbocycles. The van der Waals surface area contributed by atoms with E-state index < -0.39 is 9.06 Å². The summed E-state index contributed by atoms with van der Waals surface area (Å²) in [6, 6.07) is 5.65. The topological polar surface area (TPSA) is 36.7 Å². The van der Waals surface area contributed by atoms with Crippen molar-refractivity contribution < 1.29 is 0 Å². The van der Waals surface area contributed by atoms with E-state index >= 15 is 0 Å². The Balaban J connectivity index is 3.26. The molecule has 0 unspecified atom stereocenters. The highest BCUT2D eigenvalue weighted by molar-refractivity contribution is 8.87. The van der Waals surface area contributed by atoms with Crippen LogP contribution in [0.5, 0.6) is 0 Å². The molecular formula is C8H10N2S2. The molecule has 4 heteroatoms. The molecule has 1 aromatic rings. The minimum atomic E-state index is -1.18. The number of nitrogens with zero attached hydrogens (tertiary/aromatic N) is 2.